The van der Waals surface area contributed by atoms with Gasteiger partial charge < -0.3 is 15.0 Å². The van der Waals surface area contributed by atoms with Crippen molar-refractivity contribution >= 4 is 21.7 Å². The number of ether oxygens (including phenoxy) is 1. The van der Waals surface area contributed by atoms with Crippen LogP contribution in [0.4, 0.5) is 10.2 Å². The first kappa shape index (κ1) is 29.0. The van der Waals surface area contributed by atoms with Crippen LogP contribution in [0.3, 0.4) is 0 Å². The second kappa shape index (κ2) is 12.2. The molecule has 0 radical (unpaired) electrons. The molecule has 0 atom stereocenters. The van der Waals surface area contributed by atoms with E-state index in [9.17, 15) is 17.6 Å². The molecular weight excluding hydrogens is 543 g/mol. The third kappa shape index (κ3) is 6.38. The lowest BCUT2D eigenvalue weighted by atomic mass is 9.91. The van der Waals surface area contributed by atoms with Gasteiger partial charge in [-0.3, -0.25) is 4.79 Å². The number of aromatic nitrogens is 1. The van der Waals surface area contributed by atoms with Gasteiger partial charge in [-0.2, -0.15) is 4.31 Å². The molecule has 1 amide bonds. The van der Waals surface area contributed by atoms with Gasteiger partial charge in [-0.25, -0.2) is 17.8 Å². The van der Waals surface area contributed by atoms with Crippen LogP contribution in [0, 0.1) is 12.7 Å². The molecule has 10 heteroatoms. The molecule has 2 aliphatic rings. The first-order chi connectivity index (χ1) is 19.7. The average molecular weight is 581 g/mol. The summed E-state index contributed by atoms with van der Waals surface area (Å²) in [5.74, 6) is 0.481. The third-order valence-corrected chi connectivity index (χ3v) is 9.75. The van der Waals surface area contributed by atoms with Crippen molar-refractivity contribution < 1.29 is 22.3 Å². The van der Waals surface area contributed by atoms with Crippen LogP contribution in [-0.2, 0) is 16.6 Å². The lowest BCUT2D eigenvalue weighted by Crippen LogP contribution is -2.53. The molecule has 1 saturated heterocycles. The predicted octanol–water partition coefficient (Wildman–Crippen LogP) is 5.07. The summed E-state index contributed by atoms with van der Waals surface area (Å²) in [4.78, 5) is 19.5. The molecule has 3 heterocycles. The van der Waals surface area contributed by atoms with Crippen LogP contribution in [0.5, 0.6) is 5.75 Å². The molecule has 3 aromatic rings. The van der Waals surface area contributed by atoms with Gasteiger partial charge >= 0.3 is 0 Å². The Labute approximate surface area is 241 Å². The summed E-state index contributed by atoms with van der Waals surface area (Å²) in [6, 6.07) is 16.6. The molecule has 8 nitrogen and oxygen atoms in total. The molecular formula is C31H37FN4O4S. The monoisotopic (exact) mass is 580 g/mol. The van der Waals surface area contributed by atoms with Crippen molar-refractivity contribution in [3.8, 4) is 5.75 Å². The largest absolute Gasteiger partial charge is 0.484 e. The van der Waals surface area contributed by atoms with Gasteiger partial charge in [-0.05, 0) is 55.3 Å². The van der Waals surface area contributed by atoms with E-state index in [4.69, 9.17) is 9.72 Å². The number of sulfonamides is 1. The quantitative estimate of drug-likeness (QED) is 0.356. The summed E-state index contributed by atoms with van der Waals surface area (Å²) in [7, 11) is -3.93. The number of para-hydroxylation sites is 1. The van der Waals surface area contributed by atoms with Gasteiger partial charge in [0.2, 0.25) is 10.0 Å². The first-order valence-electron chi connectivity index (χ1n) is 14.2. The minimum Gasteiger partial charge on any atom is -0.484 e. The molecule has 5 rings (SSSR count). The Morgan fingerprint density at radius 1 is 1.05 bits per heavy atom. The van der Waals surface area contributed by atoms with Gasteiger partial charge in [0, 0.05) is 44.7 Å². The number of amides is 1. The minimum absolute atomic E-state index is 0.149. The Kier molecular flexibility index (Phi) is 8.60. The number of piperidine rings is 1. The highest BCUT2D eigenvalue weighted by Crippen LogP contribution is 2.36. The molecule has 1 aromatic heterocycles. The normalized spacial score (nSPS) is 16.7. The molecule has 0 saturated carbocycles. The van der Waals surface area contributed by atoms with E-state index >= 15 is 0 Å². The Morgan fingerprint density at radius 2 is 1.78 bits per heavy atom. The molecule has 0 aliphatic carbocycles. The van der Waals surface area contributed by atoms with Crippen LogP contribution < -0.4 is 15.0 Å². The maximum absolute atomic E-state index is 14.2. The van der Waals surface area contributed by atoms with E-state index in [1.807, 2.05) is 30.0 Å². The van der Waals surface area contributed by atoms with Crippen LogP contribution >= 0.6 is 0 Å². The van der Waals surface area contributed by atoms with E-state index < -0.39 is 15.6 Å². The number of pyridine rings is 1. The Balaban J connectivity index is 1.41. The van der Waals surface area contributed by atoms with Crippen molar-refractivity contribution in [3.63, 3.8) is 0 Å². The van der Waals surface area contributed by atoms with Gasteiger partial charge in [0.25, 0.3) is 5.91 Å². The van der Waals surface area contributed by atoms with E-state index in [1.54, 1.807) is 30.3 Å². The molecule has 2 aliphatic heterocycles. The number of benzene rings is 2. The Hall–Kier alpha value is -3.50. The summed E-state index contributed by atoms with van der Waals surface area (Å²) in [6.07, 6.45) is 3.77. The van der Waals surface area contributed by atoms with Crippen molar-refractivity contribution in [2.24, 2.45) is 0 Å². The Bertz CT molecular complexity index is 1490. The standard InChI is InChI=1S/C31H37FN4O4S/c1-3-4-7-18-36(21-24-11-13-25(32)14-12-24)41(38,39)28-15-10-23(2)34-29(28)35-19-16-31(17-20-35)22-33-30(37)26-8-5-6-9-27(26)40-31/h5-6,8-15H,3-4,7,16-22H2,1-2H3,(H,33,37). The highest BCUT2D eigenvalue weighted by atomic mass is 32.2. The molecule has 2 aromatic carbocycles. The van der Waals surface area contributed by atoms with Crippen molar-refractivity contribution in [1.29, 1.82) is 0 Å². The zero-order valence-corrected chi connectivity index (χ0v) is 24.4. The number of halogens is 1. The molecule has 1 fully saturated rings. The van der Waals surface area contributed by atoms with E-state index in [2.05, 4.69) is 12.2 Å². The number of hydrogen-bond acceptors (Lipinski definition) is 6. The van der Waals surface area contributed by atoms with Gasteiger partial charge in [0.05, 0.1) is 12.1 Å². The van der Waals surface area contributed by atoms with Crippen LogP contribution in [0.1, 0.15) is 60.6 Å². The van der Waals surface area contributed by atoms with Crippen molar-refractivity contribution in [2.45, 2.75) is 63.0 Å². The van der Waals surface area contributed by atoms with E-state index in [0.717, 1.165) is 30.5 Å². The van der Waals surface area contributed by atoms with Gasteiger partial charge in [0.15, 0.2) is 0 Å². The second-order valence-electron chi connectivity index (χ2n) is 10.9. The zero-order chi connectivity index (χ0) is 29.0. The fourth-order valence-electron chi connectivity index (χ4n) is 5.47. The van der Waals surface area contributed by atoms with E-state index in [0.29, 0.717) is 56.2 Å². The second-order valence-corrected chi connectivity index (χ2v) is 12.8. The average Bonchev–Trinajstić information content (AvgIpc) is 3.10. The first-order valence-corrected chi connectivity index (χ1v) is 15.7. The molecule has 1 N–H and O–H groups in total. The molecule has 218 valence electrons. The van der Waals surface area contributed by atoms with E-state index in [1.165, 1.54) is 16.4 Å². The van der Waals surface area contributed by atoms with Crippen LogP contribution in [0.15, 0.2) is 65.6 Å². The number of hydrogen-bond donors (Lipinski definition) is 1. The number of aryl methyl sites for hydroxylation is 1. The SMILES string of the molecule is CCCCCN(Cc1ccc(F)cc1)S(=O)(=O)c1ccc(C)nc1N1CCC2(CC1)CNC(=O)c1ccccc1O2. The van der Waals surface area contributed by atoms with Crippen molar-refractivity contribution in [2.75, 3.05) is 31.1 Å². The zero-order valence-electron chi connectivity index (χ0n) is 23.6. The summed E-state index contributed by atoms with van der Waals surface area (Å²) in [5, 5.41) is 3.00. The number of nitrogens with zero attached hydrogens (tertiary/aromatic N) is 3. The molecule has 41 heavy (non-hydrogen) atoms. The highest BCUT2D eigenvalue weighted by Gasteiger charge is 2.41. The summed E-state index contributed by atoms with van der Waals surface area (Å²) >= 11 is 0. The predicted molar refractivity (Wildman–Crippen MR) is 156 cm³/mol. The fourth-order valence-corrected chi connectivity index (χ4v) is 7.08. The lowest BCUT2D eigenvalue weighted by molar-refractivity contribution is 0.0471. The number of anilines is 1. The maximum Gasteiger partial charge on any atom is 0.255 e. The number of fused-ring (bicyclic) bond motifs is 1. The number of unbranched alkanes of at least 4 members (excludes halogenated alkanes) is 2. The smallest absolute Gasteiger partial charge is 0.255 e. The van der Waals surface area contributed by atoms with Gasteiger partial charge in [-0.15, -0.1) is 0 Å². The lowest BCUT2D eigenvalue weighted by Gasteiger charge is -2.42. The highest BCUT2D eigenvalue weighted by molar-refractivity contribution is 7.89. The van der Waals surface area contributed by atoms with Crippen LogP contribution in [0.25, 0.3) is 0 Å². The number of carbonyl (C=O) groups is 1. The summed E-state index contributed by atoms with van der Waals surface area (Å²) in [6.45, 7) is 5.85. The fraction of sp³-hybridized carbons (Fsp3) is 0.419. The molecule has 1 spiro atoms. The maximum atomic E-state index is 14.2. The third-order valence-electron chi connectivity index (χ3n) is 7.88. The summed E-state index contributed by atoms with van der Waals surface area (Å²) in [5.41, 5.74) is 1.38. The van der Waals surface area contributed by atoms with Gasteiger partial charge in [0.1, 0.15) is 27.9 Å². The molecule has 0 bridgehead atoms. The van der Waals surface area contributed by atoms with Crippen molar-refractivity contribution in [1.82, 2.24) is 14.6 Å². The topological polar surface area (TPSA) is 91.8 Å². The van der Waals surface area contributed by atoms with Crippen LogP contribution in [0.2, 0.25) is 0 Å². The summed E-state index contributed by atoms with van der Waals surface area (Å²) < 4.78 is 49.9. The van der Waals surface area contributed by atoms with Gasteiger partial charge in [-0.1, -0.05) is 44.0 Å². The molecule has 0 unspecified atom stereocenters. The Morgan fingerprint density at radius 3 is 2.51 bits per heavy atom. The number of carbonyl (C=O) groups excluding carboxylic acids is 1. The number of nitrogens with one attached hydrogen (secondary N) is 1. The minimum atomic E-state index is -3.93. The van der Waals surface area contributed by atoms with Crippen molar-refractivity contribution in [3.05, 3.63) is 83.3 Å². The van der Waals surface area contributed by atoms with Crippen LogP contribution in [-0.4, -0.2) is 55.4 Å². The number of rotatable bonds is 9. The van der Waals surface area contributed by atoms with E-state index in [-0.39, 0.29) is 23.2 Å².